The van der Waals surface area contributed by atoms with Crippen LogP contribution in [0, 0.1) is 11.8 Å². The van der Waals surface area contributed by atoms with Crippen LogP contribution in [0.15, 0.2) is 18.2 Å². The fraction of sp³-hybridized carbons (Fsp3) is 0.550. The minimum Gasteiger partial charge on any atom is -0.362 e. The fourth-order valence-corrected chi connectivity index (χ4v) is 4.57. The van der Waals surface area contributed by atoms with Gasteiger partial charge in [0.2, 0.25) is 0 Å². The van der Waals surface area contributed by atoms with E-state index in [1.165, 1.54) is 25.7 Å². The van der Waals surface area contributed by atoms with Gasteiger partial charge in [0.15, 0.2) is 10.8 Å². The Balaban J connectivity index is 1.28. The van der Waals surface area contributed by atoms with Gasteiger partial charge >= 0.3 is 0 Å². The van der Waals surface area contributed by atoms with E-state index in [-0.39, 0.29) is 11.9 Å². The lowest BCUT2D eigenvalue weighted by molar-refractivity contribution is 0.0618. The summed E-state index contributed by atoms with van der Waals surface area (Å²) < 4.78 is 0. The van der Waals surface area contributed by atoms with Gasteiger partial charge in [0.1, 0.15) is 0 Å². The highest BCUT2D eigenvalue weighted by Crippen LogP contribution is 2.29. The molecule has 4 heterocycles. The Hall–Kier alpha value is -2.19. The molecule has 4 fully saturated rings. The summed E-state index contributed by atoms with van der Waals surface area (Å²) in [6, 6.07) is 6.04. The molecule has 2 aromatic rings. The van der Waals surface area contributed by atoms with Crippen molar-refractivity contribution in [2.75, 3.05) is 31.5 Å². The summed E-state index contributed by atoms with van der Waals surface area (Å²) >= 11 is 5.38. The van der Waals surface area contributed by atoms with Crippen LogP contribution in [0.25, 0.3) is 10.9 Å². The number of benzene rings is 1. The van der Waals surface area contributed by atoms with Crippen LogP contribution in [-0.4, -0.2) is 58.3 Å². The van der Waals surface area contributed by atoms with Crippen LogP contribution >= 0.6 is 12.2 Å². The molecule has 4 aliphatic rings. The molecule has 0 unspecified atom stereocenters. The summed E-state index contributed by atoms with van der Waals surface area (Å²) in [6.07, 6.45) is 4.92. The van der Waals surface area contributed by atoms with Gasteiger partial charge in [0.05, 0.1) is 5.52 Å². The number of aromatic amines is 1. The molecule has 1 atom stereocenters. The summed E-state index contributed by atoms with van der Waals surface area (Å²) in [5.41, 5.74) is 2.16. The molecule has 28 heavy (non-hydrogen) atoms. The van der Waals surface area contributed by atoms with Crippen LogP contribution in [0.2, 0.25) is 0 Å². The lowest BCUT2D eigenvalue weighted by Crippen LogP contribution is -2.57. The third-order valence-corrected chi connectivity index (χ3v) is 6.50. The first-order valence-electron chi connectivity index (χ1n) is 10.2. The highest BCUT2D eigenvalue weighted by Gasteiger charge is 2.35. The summed E-state index contributed by atoms with van der Waals surface area (Å²) in [5.74, 6) is 1.25. The molecule has 2 bridgehead atoms. The first-order chi connectivity index (χ1) is 13.7. The van der Waals surface area contributed by atoms with Gasteiger partial charge in [0, 0.05) is 30.2 Å². The van der Waals surface area contributed by atoms with E-state index in [2.05, 4.69) is 31.0 Å². The fourth-order valence-electron chi connectivity index (χ4n) is 4.36. The van der Waals surface area contributed by atoms with Gasteiger partial charge in [-0.25, -0.2) is 0 Å². The highest BCUT2D eigenvalue weighted by atomic mass is 32.1. The molecule has 1 amide bonds. The number of hydrogen-bond acceptors (Lipinski definition) is 4. The number of aromatic nitrogens is 2. The van der Waals surface area contributed by atoms with Gasteiger partial charge in [-0.15, -0.1) is 0 Å². The second-order valence-electron chi connectivity index (χ2n) is 8.33. The van der Waals surface area contributed by atoms with Crippen LogP contribution in [0.3, 0.4) is 0 Å². The molecule has 1 aromatic carbocycles. The van der Waals surface area contributed by atoms with Crippen molar-refractivity contribution in [1.82, 2.24) is 25.7 Å². The molecule has 3 aliphatic heterocycles. The third kappa shape index (κ3) is 3.71. The Labute approximate surface area is 169 Å². The first-order valence-corrected chi connectivity index (χ1v) is 10.6. The Morgan fingerprint density at radius 3 is 2.79 bits per heavy atom. The zero-order valence-electron chi connectivity index (χ0n) is 15.8. The standard InChI is InChI=1S/C20H26N6OS/c27-19(23-17-11-26-7-5-13(17)6-8-26)18-15-9-14(3-4-16(15)24-25-18)22-20(28)21-10-12-1-2-12/h3-4,9,12-13,17H,1-2,5-8,10-11H2,(H,23,27)(H,24,25)(H2,21,22,28)/t17-/m0/s1. The van der Waals surface area contributed by atoms with Crippen LogP contribution in [-0.2, 0) is 0 Å². The third-order valence-electron chi connectivity index (χ3n) is 6.26. The number of piperidine rings is 3. The van der Waals surface area contributed by atoms with E-state index in [1.54, 1.807) is 0 Å². The first kappa shape index (κ1) is 17.9. The van der Waals surface area contributed by atoms with E-state index in [1.807, 2.05) is 18.2 Å². The summed E-state index contributed by atoms with van der Waals surface area (Å²) in [6.45, 7) is 4.19. The maximum atomic E-state index is 12.9. The van der Waals surface area contributed by atoms with Gasteiger partial charge in [-0.3, -0.25) is 9.89 Å². The minimum absolute atomic E-state index is 0.100. The van der Waals surface area contributed by atoms with E-state index in [0.29, 0.717) is 16.7 Å². The molecule has 8 heteroatoms. The maximum absolute atomic E-state index is 12.9. The number of carbonyl (C=O) groups is 1. The zero-order chi connectivity index (χ0) is 19.1. The van der Waals surface area contributed by atoms with Crippen molar-refractivity contribution < 1.29 is 4.79 Å². The molecule has 0 radical (unpaired) electrons. The zero-order valence-corrected chi connectivity index (χ0v) is 16.6. The Morgan fingerprint density at radius 2 is 2.07 bits per heavy atom. The summed E-state index contributed by atoms with van der Waals surface area (Å²) in [5, 5.41) is 18.4. The van der Waals surface area contributed by atoms with E-state index in [9.17, 15) is 4.79 Å². The number of rotatable bonds is 5. The topological polar surface area (TPSA) is 85.1 Å². The number of anilines is 1. The highest BCUT2D eigenvalue weighted by molar-refractivity contribution is 7.80. The van der Waals surface area contributed by atoms with Gasteiger partial charge in [-0.2, -0.15) is 5.10 Å². The summed E-state index contributed by atoms with van der Waals surface area (Å²) in [4.78, 5) is 15.3. The average molecular weight is 399 g/mol. The number of hydrogen-bond donors (Lipinski definition) is 4. The monoisotopic (exact) mass is 398 g/mol. The van der Waals surface area contributed by atoms with Crippen molar-refractivity contribution in [2.45, 2.75) is 31.7 Å². The quantitative estimate of drug-likeness (QED) is 0.577. The second-order valence-corrected chi connectivity index (χ2v) is 8.74. The number of amides is 1. The van der Waals surface area contributed by atoms with E-state index >= 15 is 0 Å². The average Bonchev–Trinajstić information content (AvgIpc) is 3.45. The Kier molecular flexibility index (Phi) is 4.68. The van der Waals surface area contributed by atoms with Crippen molar-refractivity contribution in [1.29, 1.82) is 0 Å². The summed E-state index contributed by atoms with van der Waals surface area (Å²) in [7, 11) is 0. The number of H-pyrrole nitrogens is 1. The second kappa shape index (κ2) is 7.33. The van der Waals surface area contributed by atoms with Crippen LogP contribution in [0.4, 0.5) is 5.69 Å². The molecule has 0 spiro atoms. The number of thiocarbonyl (C=S) groups is 1. The van der Waals surface area contributed by atoms with Crippen LogP contribution in [0.1, 0.15) is 36.2 Å². The van der Waals surface area contributed by atoms with Gasteiger partial charge in [-0.05, 0) is 81.0 Å². The number of nitrogens with zero attached hydrogens (tertiary/aromatic N) is 2. The van der Waals surface area contributed by atoms with E-state index in [0.717, 1.165) is 48.7 Å². The molecule has 4 N–H and O–H groups in total. The molecule has 6 rings (SSSR count). The Morgan fingerprint density at radius 1 is 1.25 bits per heavy atom. The number of fused-ring (bicyclic) bond motifs is 4. The van der Waals surface area contributed by atoms with Crippen molar-refractivity contribution in [3.63, 3.8) is 0 Å². The molecular formula is C20H26N6OS. The van der Waals surface area contributed by atoms with Crippen molar-refractivity contribution in [3.8, 4) is 0 Å². The van der Waals surface area contributed by atoms with Gasteiger partial charge in [0.25, 0.3) is 5.91 Å². The van der Waals surface area contributed by atoms with E-state index < -0.39 is 0 Å². The Bertz CT molecular complexity index is 899. The molecule has 1 aromatic heterocycles. The number of carbonyl (C=O) groups excluding carboxylic acids is 1. The molecule has 148 valence electrons. The van der Waals surface area contributed by atoms with Crippen LogP contribution < -0.4 is 16.0 Å². The minimum atomic E-state index is -0.100. The maximum Gasteiger partial charge on any atom is 0.272 e. The van der Waals surface area contributed by atoms with Gasteiger partial charge in [-0.1, -0.05) is 0 Å². The van der Waals surface area contributed by atoms with E-state index in [4.69, 9.17) is 12.2 Å². The molecule has 1 saturated carbocycles. The number of nitrogens with one attached hydrogen (secondary N) is 4. The van der Waals surface area contributed by atoms with Crippen LogP contribution in [0.5, 0.6) is 0 Å². The molecule has 1 aliphatic carbocycles. The van der Waals surface area contributed by atoms with Gasteiger partial charge < -0.3 is 20.9 Å². The smallest absolute Gasteiger partial charge is 0.272 e. The molecule has 7 nitrogen and oxygen atoms in total. The largest absolute Gasteiger partial charge is 0.362 e. The van der Waals surface area contributed by atoms with Crippen molar-refractivity contribution in [3.05, 3.63) is 23.9 Å². The predicted octanol–water partition coefficient (Wildman–Crippen LogP) is 2.08. The molecule has 3 saturated heterocycles. The normalized spacial score (nSPS) is 26.2. The van der Waals surface area contributed by atoms with Crippen molar-refractivity contribution in [2.24, 2.45) is 11.8 Å². The molecular weight excluding hydrogens is 372 g/mol. The SMILES string of the molecule is O=C(N[C@H]1CN2CCC1CC2)c1n[nH]c2ccc(NC(=S)NCC3CC3)cc12. The van der Waals surface area contributed by atoms with Crippen molar-refractivity contribution >= 4 is 39.8 Å². The lowest BCUT2D eigenvalue weighted by Gasteiger charge is -2.44. The lowest BCUT2D eigenvalue weighted by atomic mass is 9.84. The predicted molar refractivity (Wildman–Crippen MR) is 113 cm³/mol.